The zero-order valence-corrected chi connectivity index (χ0v) is 20.7. The van der Waals surface area contributed by atoms with Crippen molar-refractivity contribution in [2.24, 2.45) is 11.8 Å². The highest BCUT2D eigenvalue weighted by Crippen LogP contribution is 2.33. The standard InChI is InChI=1S/C29H39FO4/c1-3-5-19-33-28-18-13-24(21-27(28)30)29(31)34-26-16-14-25(15-17-26)32-20-6-8-23-11-9-22(7-4-2)10-12-23/h13-18,21-23H,3-12,19-20H2,1-2H3. The van der Waals surface area contributed by atoms with E-state index in [1.165, 1.54) is 57.1 Å². The zero-order valence-electron chi connectivity index (χ0n) is 20.7. The van der Waals surface area contributed by atoms with Crippen molar-refractivity contribution in [3.05, 3.63) is 53.8 Å². The van der Waals surface area contributed by atoms with Gasteiger partial charge in [0.25, 0.3) is 0 Å². The van der Waals surface area contributed by atoms with E-state index in [0.717, 1.165) is 42.9 Å². The SMILES string of the molecule is CCCCOc1ccc(C(=O)Oc2ccc(OCCCC3CCC(CCC)CC3)cc2)cc1F. The van der Waals surface area contributed by atoms with E-state index < -0.39 is 11.8 Å². The van der Waals surface area contributed by atoms with Crippen molar-refractivity contribution in [3.63, 3.8) is 0 Å². The van der Waals surface area contributed by atoms with E-state index in [1.54, 1.807) is 24.3 Å². The van der Waals surface area contributed by atoms with E-state index in [-0.39, 0.29) is 11.3 Å². The van der Waals surface area contributed by atoms with Crippen LogP contribution in [-0.4, -0.2) is 19.2 Å². The van der Waals surface area contributed by atoms with Gasteiger partial charge in [-0.1, -0.05) is 58.8 Å². The molecule has 0 N–H and O–H groups in total. The van der Waals surface area contributed by atoms with E-state index in [2.05, 4.69) is 6.92 Å². The maximum atomic E-state index is 14.2. The number of unbranched alkanes of at least 4 members (excludes halogenated alkanes) is 1. The van der Waals surface area contributed by atoms with E-state index in [4.69, 9.17) is 14.2 Å². The first kappa shape index (κ1) is 26.1. The lowest BCUT2D eigenvalue weighted by Gasteiger charge is -2.28. The van der Waals surface area contributed by atoms with Crippen LogP contribution in [0.1, 0.15) is 88.4 Å². The summed E-state index contributed by atoms with van der Waals surface area (Å²) >= 11 is 0. The van der Waals surface area contributed by atoms with Gasteiger partial charge in [-0.05, 0) is 73.6 Å². The molecule has 0 atom stereocenters. The molecule has 34 heavy (non-hydrogen) atoms. The molecule has 0 saturated heterocycles. The van der Waals surface area contributed by atoms with Gasteiger partial charge in [0, 0.05) is 0 Å². The van der Waals surface area contributed by atoms with Crippen molar-refractivity contribution < 1.29 is 23.4 Å². The molecule has 0 unspecified atom stereocenters. The number of ether oxygens (including phenoxy) is 3. The summed E-state index contributed by atoms with van der Waals surface area (Å²) in [6.07, 6.45) is 12.3. The first-order valence-electron chi connectivity index (χ1n) is 13.0. The van der Waals surface area contributed by atoms with Gasteiger partial charge in [-0.15, -0.1) is 0 Å². The maximum absolute atomic E-state index is 14.2. The second-order valence-electron chi connectivity index (χ2n) is 9.37. The minimum atomic E-state index is -0.610. The number of halogens is 1. The highest BCUT2D eigenvalue weighted by atomic mass is 19.1. The van der Waals surface area contributed by atoms with Gasteiger partial charge >= 0.3 is 5.97 Å². The van der Waals surface area contributed by atoms with Crippen LogP contribution >= 0.6 is 0 Å². The number of hydrogen-bond donors (Lipinski definition) is 0. The Morgan fingerprint density at radius 2 is 1.47 bits per heavy atom. The van der Waals surface area contributed by atoms with Crippen LogP contribution in [-0.2, 0) is 0 Å². The largest absolute Gasteiger partial charge is 0.494 e. The maximum Gasteiger partial charge on any atom is 0.343 e. The lowest BCUT2D eigenvalue weighted by molar-refractivity contribution is 0.0734. The van der Waals surface area contributed by atoms with Crippen LogP contribution in [0.25, 0.3) is 0 Å². The average molecular weight is 471 g/mol. The highest BCUT2D eigenvalue weighted by Gasteiger charge is 2.20. The van der Waals surface area contributed by atoms with Crippen molar-refractivity contribution in [1.82, 2.24) is 0 Å². The molecule has 1 fully saturated rings. The molecule has 4 nitrogen and oxygen atoms in total. The van der Waals surface area contributed by atoms with Gasteiger partial charge < -0.3 is 14.2 Å². The molecule has 0 heterocycles. The van der Waals surface area contributed by atoms with Crippen molar-refractivity contribution in [3.8, 4) is 17.2 Å². The third-order valence-electron chi connectivity index (χ3n) is 6.65. The molecule has 0 aliphatic heterocycles. The Kier molecular flexibility index (Phi) is 10.7. The topological polar surface area (TPSA) is 44.8 Å². The molecule has 5 heteroatoms. The van der Waals surface area contributed by atoms with Crippen molar-refractivity contribution in [1.29, 1.82) is 0 Å². The summed E-state index contributed by atoms with van der Waals surface area (Å²) in [6, 6.07) is 11.1. The van der Waals surface area contributed by atoms with Crippen molar-refractivity contribution in [2.45, 2.75) is 78.1 Å². The van der Waals surface area contributed by atoms with Crippen LogP contribution in [0, 0.1) is 17.7 Å². The second-order valence-corrected chi connectivity index (χ2v) is 9.37. The van der Waals surface area contributed by atoms with Gasteiger partial charge in [0.15, 0.2) is 11.6 Å². The summed E-state index contributed by atoms with van der Waals surface area (Å²) in [5.74, 6) is 1.92. The Morgan fingerprint density at radius 3 is 2.12 bits per heavy atom. The molecular weight excluding hydrogens is 431 g/mol. The normalized spacial score (nSPS) is 17.9. The summed E-state index contributed by atoms with van der Waals surface area (Å²) < 4.78 is 30.8. The minimum absolute atomic E-state index is 0.143. The van der Waals surface area contributed by atoms with Gasteiger partial charge in [0.05, 0.1) is 18.8 Å². The molecule has 0 amide bonds. The van der Waals surface area contributed by atoms with Gasteiger partial charge in [0.2, 0.25) is 0 Å². The van der Waals surface area contributed by atoms with E-state index in [9.17, 15) is 9.18 Å². The molecular formula is C29H39FO4. The third kappa shape index (κ3) is 8.34. The quantitative estimate of drug-likeness (QED) is 0.169. The Labute approximate surface area is 203 Å². The van der Waals surface area contributed by atoms with Crippen LogP contribution < -0.4 is 14.2 Å². The van der Waals surface area contributed by atoms with Crippen molar-refractivity contribution >= 4 is 5.97 Å². The summed E-state index contributed by atoms with van der Waals surface area (Å²) in [5, 5.41) is 0. The van der Waals surface area contributed by atoms with E-state index in [1.807, 2.05) is 6.92 Å². The lowest BCUT2D eigenvalue weighted by atomic mass is 9.78. The molecule has 186 valence electrons. The number of carbonyl (C=O) groups is 1. The summed E-state index contributed by atoms with van der Waals surface area (Å²) in [4.78, 5) is 12.4. The molecule has 0 bridgehead atoms. The van der Waals surface area contributed by atoms with E-state index >= 15 is 0 Å². The first-order valence-corrected chi connectivity index (χ1v) is 13.0. The monoisotopic (exact) mass is 470 g/mol. The summed E-state index contributed by atoms with van der Waals surface area (Å²) in [7, 11) is 0. The number of esters is 1. The Bertz CT molecular complexity index is 872. The summed E-state index contributed by atoms with van der Waals surface area (Å²) in [6.45, 7) is 5.47. The Balaban J connectivity index is 1.38. The fraction of sp³-hybridized carbons (Fsp3) is 0.552. The zero-order chi connectivity index (χ0) is 24.2. The summed E-state index contributed by atoms with van der Waals surface area (Å²) in [5.41, 5.74) is 0.143. The molecule has 0 radical (unpaired) electrons. The van der Waals surface area contributed by atoms with Crippen LogP contribution in [0.4, 0.5) is 4.39 Å². The van der Waals surface area contributed by atoms with Crippen molar-refractivity contribution in [2.75, 3.05) is 13.2 Å². The molecule has 1 saturated carbocycles. The number of hydrogen-bond acceptors (Lipinski definition) is 4. The van der Waals surface area contributed by atoms with Crippen LogP contribution in [0.5, 0.6) is 17.2 Å². The Morgan fingerprint density at radius 1 is 0.824 bits per heavy atom. The molecule has 1 aliphatic carbocycles. The highest BCUT2D eigenvalue weighted by molar-refractivity contribution is 5.91. The predicted molar refractivity (Wildman–Crippen MR) is 133 cm³/mol. The predicted octanol–water partition coefficient (Wildman–Crippen LogP) is 7.99. The van der Waals surface area contributed by atoms with Gasteiger partial charge in [0.1, 0.15) is 11.5 Å². The fourth-order valence-electron chi connectivity index (χ4n) is 4.62. The number of carbonyl (C=O) groups excluding carboxylic acids is 1. The van der Waals surface area contributed by atoms with Gasteiger partial charge in [-0.25, -0.2) is 9.18 Å². The number of rotatable bonds is 13. The molecule has 0 spiro atoms. The number of benzene rings is 2. The van der Waals surface area contributed by atoms with Crippen LogP contribution in [0.15, 0.2) is 42.5 Å². The lowest BCUT2D eigenvalue weighted by Crippen LogP contribution is -2.15. The second kappa shape index (κ2) is 14.0. The molecule has 0 aromatic heterocycles. The minimum Gasteiger partial charge on any atom is -0.494 e. The fourth-order valence-corrected chi connectivity index (χ4v) is 4.62. The average Bonchev–Trinajstić information content (AvgIpc) is 2.85. The van der Waals surface area contributed by atoms with Crippen LogP contribution in [0.2, 0.25) is 0 Å². The first-order chi connectivity index (χ1) is 16.6. The van der Waals surface area contributed by atoms with Crippen LogP contribution in [0.3, 0.4) is 0 Å². The smallest absolute Gasteiger partial charge is 0.343 e. The Hall–Kier alpha value is -2.56. The molecule has 3 rings (SSSR count). The molecule has 2 aromatic rings. The molecule has 2 aromatic carbocycles. The molecule has 1 aliphatic rings. The van der Waals surface area contributed by atoms with E-state index in [0.29, 0.717) is 19.0 Å². The third-order valence-corrected chi connectivity index (χ3v) is 6.65. The van der Waals surface area contributed by atoms with Gasteiger partial charge in [-0.2, -0.15) is 0 Å². The van der Waals surface area contributed by atoms with Gasteiger partial charge in [-0.3, -0.25) is 0 Å².